The average molecular weight is 279 g/mol. The number of urea groups is 1. The van der Waals surface area contributed by atoms with E-state index >= 15 is 0 Å². The van der Waals surface area contributed by atoms with E-state index in [0.29, 0.717) is 19.4 Å². The van der Waals surface area contributed by atoms with Crippen LogP contribution in [0.5, 0.6) is 0 Å². The molecule has 3 aliphatic rings. The van der Waals surface area contributed by atoms with Gasteiger partial charge in [-0.3, -0.25) is 19.8 Å². The monoisotopic (exact) mass is 279 g/mol. The van der Waals surface area contributed by atoms with Crippen LogP contribution < -0.4 is 5.32 Å². The van der Waals surface area contributed by atoms with Gasteiger partial charge in [0.2, 0.25) is 11.8 Å². The van der Waals surface area contributed by atoms with Crippen molar-refractivity contribution in [3.05, 3.63) is 0 Å². The number of carbonyl (C=O) groups excluding carboxylic acids is 3. The number of nitrogens with one attached hydrogen (secondary N) is 1. The molecule has 0 aromatic rings. The number of likely N-dealkylation sites (tertiary alicyclic amines) is 1. The molecule has 6 heteroatoms. The molecule has 4 amide bonds. The highest BCUT2D eigenvalue weighted by atomic mass is 16.2. The van der Waals surface area contributed by atoms with Gasteiger partial charge in [0.1, 0.15) is 5.41 Å². The normalized spacial score (nSPS) is 28.7. The summed E-state index contributed by atoms with van der Waals surface area (Å²) in [4.78, 5) is 39.7. The zero-order chi connectivity index (χ0) is 14.5. The van der Waals surface area contributed by atoms with E-state index < -0.39 is 17.4 Å². The lowest BCUT2D eigenvalue weighted by atomic mass is 9.79. The number of piperidine rings is 1. The van der Waals surface area contributed by atoms with E-state index in [-0.39, 0.29) is 11.3 Å². The van der Waals surface area contributed by atoms with Crippen LogP contribution in [-0.4, -0.2) is 54.3 Å². The van der Waals surface area contributed by atoms with Gasteiger partial charge in [-0.05, 0) is 51.2 Å². The molecule has 1 N–H and O–H groups in total. The van der Waals surface area contributed by atoms with Gasteiger partial charge in [0.25, 0.3) is 0 Å². The van der Waals surface area contributed by atoms with Crippen molar-refractivity contribution in [2.45, 2.75) is 32.6 Å². The van der Waals surface area contributed by atoms with Crippen molar-refractivity contribution in [1.82, 2.24) is 15.1 Å². The molecule has 1 aliphatic carbocycles. The van der Waals surface area contributed by atoms with Crippen molar-refractivity contribution in [3.8, 4) is 0 Å². The molecule has 20 heavy (non-hydrogen) atoms. The first-order valence-corrected chi connectivity index (χ1v) is 7.22. The number of amides is 4. The molecule has 1 spiro atoms. The Kier molecular flexibility index (Phi) is 2.90. The second-order valence-corrected chi connectivity index (χ2v) is 6.85. The van der Waals surface area contributed by atoms with E-state index in [0.717, 1.165) is 25.9 Å². The summed E-state index contributed by atoms with van der Waals surface area (Å²) < 4.78 is 0. The number of barbiturate groups is 1. The molecule has 0 aromatic carbocycles. The summed E-state index contributed by atoms with van der Waals surface area (Å²) in [6.07, 6.45) is 3.06. The Bertz CT molecular complexity index is 476. The molecule has 3 rings (SSSR count). The van der Waals surface area contributed by atoms with Crippen LogP contribution in [0.4, 0.5) is 4.79 Å². The summed E-state index contributed by atoms with van der Waals surface area (Å²) in [5.41, 5.74) is -0.967. The summed E-state index contributed by atoms with van der Waals surface area (Å²) in [7, 11) is 2.08. The molecule has 2 aliphatic heterocycles. The first-order valence-electron chi connectivity index (χ1n) is 7.22. The SMILES string of the molecule is CN1CCC(C)(CN2C(=O)NC(=O)C3(CC3)C2=O)CC1. The number of hydrogen-bond donors (Lipinski definition) is 1. The van der Waals surface area contributed by atoms with Gasteiger partial charge in [-0.2, -0.15) is 0 Å². The Morgan fingerprint density at radius 2 is 1.70 bits per heavy atom. The third-order valence-corrected chi connectivity index (χ3v) is 5.04. The van der Waals surface area contributed by atoms with Crippen LogP contribution in [-0.2, 0) is 9.59 Å². The summed E-state index contributed by atoms with van der Waals surface area (Å²) in [5, 5.41) is 2.34. The summed E-state index contributed by atoms with van der Waals surface area (Å²) >= 11 is 0. The molecule has 0 aromatic heterocycles. The van der Waals surface area contributed by atoms with Gasteiger partial charge in [-0.25, -0.2) is 4.79 Å². The molecule has 6 nitrogen and oxygen atoms in total. The van der Waals surface area contributed by atoms with Crippen LogP contribution in [0.1, 0.15) is 32.6 Å². The second kappa shape index (κ2) is 4.28. The van der Waals surface area contributed by atoms with Crippen molar-refractivity contribution < 1.29 is 14.4 Å². The maximum Gasteiger partial charge on any atom is 0.330 e. The van der Waals surface area contributed by atoms with E-state index in [9.17, 15) is 14.4 Å². The fourth-order valence-electron chi connectivity index (χ4n) is 3.14. The maximum absolute atomic E-state index is 12.4. The summed E-state index contributed by atoms with van der Waals surface area (Å²) in [6, 6.07) is -0.544. The highest BCUT2D eigenvalue weighted by molar-refractivity contribution is 6.20. The van der Waals surface area contributed by atoms with Gasteiger partial charge < -0.3 is 4.90 Å². The topological polar surface area (TPSA) is 69.7 Å². The van der Waals surface area contributed by atoms with E-state index in [1.165, 1.54) is 4.90 Å². The molecule has 2 heterocycles. The highest BCUT2D eigenvalue weighted by Gasteiger charge is 2.62. The maximum atomic E-state index is 12.4. The second-order valence-electron chi connectivity index (χ2n) is 6.85. The van der Waals surface area contributed by atoms with Crippen molar-refractivity contribution >= 4 is 17.8 Å². The molecule has 110 valence electrons. The van der Waals surface area contributed by atoms with Crippen molar-refractivity contribution in [3.63, 3.8) is 0 Å². The molecule has 0 radical (unpaired) electrons. The number of imide groups is 2. The molecule has 0 bridgehead atoms. The minimum absolute atomic E-state index is 0.0457. The molecule has 0 atom stereocenters. The van der Waals surface area contributed by atoms with Crippen LogP contribution in [0, 0.1) is 10.8 Å². The fourth-order valence-corrected chi connectivity index (χ4v) is 3.14. The zero-order valence-electron chi connectivity index (χ0n) is 12.1. The minimum atomic E-state index is -0.921. The summed E-state index contributed by atoms with van der Waals surface area (Å²) in [6.45, 7) is 4.49. The van der Waals surface area contributed by atoms with Crippen molar-refractivity contribution in [2.24, 2.45) is 10.8 Å². The molecule has 0 unspecified atom stereocenters. The lowest BCUT2D eigenvalue weighted by molar-refractivity contribution is -0.145. The van der Waals surface area contributed by atoms with Gasteiger partial charge in [-0.15, -0.1) is 0 Å². The third-order valence-electron chi connectivity index (χ3n) is 5.04. The van der Waals surface area contributed by atoms with Gasteiger partial charge in [-0.1, -0.05) is 6.92 Å². The number of hydrogen-bond acceptors (Lipinski definition) is 4. The van der Waals surface area contributed by atoms with E-state index in [4.69, 9.17) is 0 Å². The lowest BCUT2D eigenvalue weighted by Gasteiger charge is -2.42. The molecule has 3 fully saturated rings. The van der Waals surface area contributed by atoms with Crippen LogP contribution >= 0.6 is 0 Å². The fraction of sp³-hybridized carbons (Fsp3) is 0.786. The van der Waals surface area contributed by atoms with E-state index in [2.05, 4.69) is 24.2 Å². The zero-order valence-corrected chi connectivity index (χ0v) is 12.1. The predicted octanol–water partition coefficient (Wildman–Crippen LogP) is 0.577. The molecular weight excluding hydrogens is 258 g/mol. The third kappa shape index (κ3) is 2.02. The molecule has 2 saturated heterocycles. The Morgan fingerprint density at radius 1 is 1.10 bits per heavy atom. The Balaban J connectivity index is 1.75. The minimum Gasteiger partial charge on any atom is -0.306 e. The first-order chi connectivity index (χ1) is 9.36. The Hall–Kier alpha value is -1.43. The largest absolute Gasteiger partial charge is 0.330 e. The highest BCUT2D eigenvalue weighted by Crippen LogP contribution is 2.49. The van der Waals surface area contributed by atoms with Crippen LogP contribution in [0.15, 0.2) is 0 Å². The number of nitrogens with zero attached hydrogens (tertiary/aromatic N) is 2. The van der Waals surface area contributed by atoms with Crippen molar-refractivity contribution in [2.75, 3.05) is 26.7 Å². The van der Waals surface area contributed by atoms with Gasteiger partial charge in [0.15, 0.2) is 0 Å². The van der Waals surface area contributed by atoms with Gasteiger partial charge in [0.05, 0.1) is 0 Å². The number of rotatable bonds is 2. The smallest absolute Gasteiger partial charge is 0.306 e. The van der Waals surface area contributed by atoms with Gasteiger partial charge in [0, 0.05) is 6.54 Å². The standard InChI is InChI=1S/C14H21N3O3/c1-13(5-7-16(2)8-6-13)9-17-11(19)14(3-4-14)10(18)15-12(17)20/h3-9H2,1-2H3,(H,15,18,20). The predicted molar refractivity (Wildman–Crippen MR) is 71.8 cm³/mol. The van der Waals surface area contributed by atoms with Gasteiger partial charge >= 0.3 is 6.03 Å². The quantitative estimate of drug-likeness (QED) is 0.751. The van der Waals surface area contributed by atoms with Crippen LogP contribution in [0.2, 0.25) is 0 Å². The van der Waals surface area contributed by atoms with Crippen molar-refractivity contribution in [1.29, 1.82) is 0 Å². The average Bonchev–Trinajstić information content (AvgIpc) is 3.19. The first kappa shape index (κ1) is 13.5. The van der Waals surface area contributed by atoms with Crippen LogP contribution in [0.3, 0.4) is 0 Å². The summed E-state index contributed by atoms with van der Waals surface area (Å²) in [5.74, 6) is -0.691. The Morgan fingerprint density at radius 3 is 2.25 bits per heavy atom. The van der Waals surface area contributed by atoms with Crippen LogP contribution in [0.25, 0.3) is 0 Å². The van der Waals surface area contributed by atoms with E-state index in [1.807, 2.05) is 0 Å². The Labute approximate surface area is 118 Å². The van der Waals surface area contributed by atoms with E-state index in [1.54, 1.807) is 0 Å². The lowest BCUT2D eigenvalue weighted by Crippen LogP contribution is -2.61. The molecular formula is C14H21N3O3. The molecule has 1 saturated carbocycles. The number of carbonyl (C=O) groups is 3.